The van der Waals surface area contributed by atoms with Crippen molar-refractivity contribution in [2.75, 3.05) is 5.32 Å². The predicted molar refractivity (Wildman–Crippen MR) is 110 cm³/mol. The minimum absolute atomic E-state index is 0.0470. The molecule has 0 saturated carbocycles. The molecule has 0 aliphatic carbocycles. The van der Waals surface area contributed by atoms with Crippen LogP contribution in [0.5, 0.6) is 0 Å². The van der Waals surface area contributed by atoms with E-state index in [-0.39, 0.29) is 23.2 Å². The fourth-order valence-corrected chi connectivity index (χ4v) is 2.87. The Hall–Kier alpha value is -3.54. The third-order valence-electron chi connectivity index (χ3n) is 4.40. The fourth-order valence-electron chi connectivity index (χ4n) is 2.87. The number of hydrogen-bond donors (Lipinski definition) is 1. The summed E-state index contributed by atoms with van der Waals surface area (Å²) in [6, 6.07) is 18.2. The first-order valence-electron chi connectivity index (χ1n) is 9.32. The van der Waals surface area contributed by atoms with Crippen molar-refractivity contribution >= 4 is 17.5 Å². The number of aromatic nitrogens is 1. The van der Waals surface area contributed by atoms with Gasteiger partial charge in [0.05, 0.1) is 0 Å². The second-order valence-electron chi connectivity index (χ2n) is 6.91. The van der Waals surface area contributed by atoms with Crippen LogP contribution in [0.15, 0.2) is 72.9 Å². The van der Waals surface area contributed by atoms with Crippen LogP contribution < -0.4 is 5.32 Å². The number of carbonyl (C=O) groups is 2. The summed E-state index contributed by atoms with van der Waals surface area (Å²) in [4.78, 5) is 31.4. The SMILES string of the molecule is CC(C)N(Cc1ccccc1)C(=O)c1cc(C(=O)Nc2cccc(F)c2)ccn1. The largest absolute Gasteiger partial charge is 0.331 e. The number of benzene rings is 2. The summed E-state index contributed by atoms with van der Waals surface area (Å²) in [6.07, 6.45) is 1.43. The minimum Gasteiger partial charge on any atom is -0.331 e. The summed E-state index contributed by atoms with van der Waals surface area (Å²) in [5, 5.41) is 2.63. The van der Waals surface area contributed by atoms with Crippen molar-refractivity contribution in [3.05, 3.63) is 95.6 Å². The first-order chi connectivity index (χ1) is 13.9. The summed E-state index contributed by atoms with van der Waals surface area (Å²) in [7, 11) is 0. The zero-order valence-electron chi connectivity index (χ0n) is 16.3. The maximum absolute atomic E-state index is 13.3. The second-order valence-corrected chi connectivity index (χ2v) is 6.91. The number of anilines is 1. The fraction of sp³-hybridized carbons (Fsp3) is 0.174. The van der Waals surface area contributed by atoms with Gasteiger partial charge in [-0.3, -0.25) is 14.6 Å². The molecule has 148 valence electrons. The van der Waals surface area contributed by atoms with Crippen LogP contribution in [0, 0.1) is 5.82 Å². The number of rotatable bonds is 6. The van der Waals surface area contributed by atoms with E-state index in [2.05, 4.69) is 10.3 Å². The molecule has 0 spiro atoms. The molecule has 0 bridgehead atoms. The lowest BCUT2D eigenvalue weighted by molar-refractivity contribution is 0.0684. The van der Waals surface area contributed by atoms with Crippen molar-refractivity contribution < 1.29 is 14.0 Å². The highest BCUT2D eigenvalue weighted by molar-refractivity contribution is 6.05. The van der Waals surface area contributed by atoms with Gasteiger partial charge in [0.15, 0.2) is 0 Å². The van der Waals surface area contributed by atoms with E-state index < -0.39 is 11.7 Å². The van der Waals surface area contributed by atoms with Crippen LogP contribution in [0.4, 0.5) is 10.1 Å². The van der Waals surface area contributed by atoms with Crippen molar-refractivity contribution in [3.63, 3.8) is 0 Å². The summed E-state index contributed by atoms with van der Waals surface area (Å²) in [5.74, 6) is -1.14. The van der Waals surface area contributed by atoms with E-state index in [9.17, 15) is 14.0 Å². The molecule has 2 amide bonds. The maximum Gasteiger partial charge on any atom is 0.272 e. The third-order valence-corrected chi connectivity index (χ3v) is 4.40. The molecule has 3 rings (SSSR count). The van der Waals surface area contributed by atoms with E-state index in [4.69, 9.17) is 0 Å². The summed E-state index contributed by atoms with van der Waals surface area (Å²) < 4.78 is 13.3. The van der Waals surface area contributed by atoms with E-state index in [0.29, 0.717) is 12.2 Å². The molecular weight excluding hydrogens is 369 g/mol. The molecule has 29 heavy (non-hydrogen) atoms. The summed E-state index contributed by atoms with van der Waals surface area (Å²) >= 11 is 0. The number of amides is 2. The van der Waals surface area contributed by atoms with Gasteiger partial charge in [0.1, 0.15) is 11.5 Å². The van der Waals surface area contributed by atoms with Crippen LogP contribution in [-0.2, 0) is 6.54 Å². The van der Waals surface area contributed by atoms with E-state index in [1.807, 2.05) is 44.2 Å². The number of pyridine rings is 1. The third kappa shape index (κ3) is 5.25. The zero-order valence-corrected chi connectivity index (χ0v) is 16.3. The molecule has 5 nitrogen and oxygen atoms in total. The first kappa shape index (κ1) is 20.2. The van der Waals surface area contributed by atoms with Crippen LogP contribution in [0.2, 0.25) is 0 Å². The number of hydrogen-bond acceptors (Lipinski definition) is 3. The minimum atomic E-state index is -0.443. The average molecular weight is 391 g/mol. The lowest BCUT2D eigenvalue weighted by Crippen LogP contribution is -2.37. The smallest absolute Gasteiger partial charge is 0.272 e. The molecule has 0 unspecified atom stereocenters. The highest BCUT2D eigenvalue weighted by Crippen LogP contribution is 2.15. The van der Waals surface area contributed by atoms with Crippen molar-refractivity contribution in [3.8, 4) is 0 Å². The Labute approximate surface area is 169 Å². The number of carbonyl (C=O) groups excluding carboxylic acids is 2. The van der Waals surface area contributed by atoms with E-state index in [1.54, 1.807) is 11.0 Å². The molecule has 3 aromatic rings. The standard InChI is InChI=1S/C23H22FN3O2/c1-16(2)27(15-17-7-4-3-5-8-17)23(29)21-13-18(11-12-25-21)22(28)26-20-10-6-9-19(24)14-20/h3-14,16H,15H2,1-2H3,(H,26,28). The topological polar surface area (TPSA) is 62.3 Å². The number of halogens is 1. The van der Waals surface area contributed by atoms with Gasteiger partial charge in [-0.1, -0.05) is 36.4 Å². The van der Waals surface area contributed by atoms with E-state index in [0.717, 1.165) is 5.56 Å². The highest BCUT2D eigenvalue weighted by atomic mass is 19.1. The second kappa shape index (κ2) is 9.10. The molecule has 0 atom stereocenters. The van der Waals surface area contributed by atoms with Gasteiger partial charge in [-0.2, -0.15) is 0 Å². The normalized spacial score (nSPS) is 10.6. The Morgan fingerprint density at radius 3 is 2.48 bits per heavy atom. The van der Waals surface area contributed by atoms with Gasteiger partial charge in [0, 0.05) is 30.0 Å². The van der Waals surface area contributed by atoms with Gasteiger partial charge in [-0.15, -0.1) is 0 Å². The van der Waals surface area contributed by atoms with Gasteiger partial charge in [0.25, 0.3) is 11.8 Å². The molecule has 0 saturated heterocycles. The summed E-state index contributed by atoms with van der Waals surface area (Å²) in [5.41, 5.74) is 1.81. The van der Waals surface area contributed by atoms with Crippen LogP contribution in [0.3, 0.4) is 0 Å². The quantitative estimate of drug-likeness (QED) is 0.672. The molecular formula is C23H22FN3O2. The zero-order chi connectivity index (χ0) is 20.8. The Bertz CT molecular complexity index is 1010. The first-order valence-corrected chi connectivity index (χ1v) is 9.32. The Morgan fingerprint density at radius 2 is 1.79 bits per heavy atom. The molecule has 1 aromatic heterocycles. The molecule has 0 aliphatic heterocycles. The van der Waals surface area contributed by atoms with Crippen molar-refractivity contribution in [2.45, 2.75) is 26.4 Å². The molecule has 2 aromatic carbocycles. The molecule has 6 heteroatoms. The monoisotopic (exact) mass is 391 g/mol. The van der Waals surface area contributed by atoms with E-state index in [1.165, 1.54) is 36.5 Å². The summed E-state index contributed by atoms with van der Waals surface area (Å²) in [6.45, 7) is 4.31. The van der Waals surface area contributed by atoms with Gasteiger partial charge >= 0.3 is 0 Å². The maximum atomic E-state index is 13.3. The highest BCUT2D eigenvalue weighted by Gasteiger charge is 2.21. The van der Waals surface area contributed by atoms with Gasteiger partial charge in [0.2, 0.25) is 0 Å². The number of nitrogens with zero attached hydrogens (tertiary/aromatic N) is 2. The average Bonchev–Trinajstić information content (AvgIpc) is 2.72. The van der Waals surface area contributed by atoms with Crippen LogP contribution in [-0.4, -0.2) is 27.7 Å². The van der Waals surface area contributed by atoms with Crippen molar-refractivity contribution in [1.82, 2.24) is 9.88 Å². The van der Waals surface area contributed by atoms with Crippen LogP contribution in [0.1, 0.15) is 40.3 Å². The Kier molecular flexibility index (Phi) is 6.34. The Balaban J connectivity index is 1.79. The molecule has 0 radical (unpaired) electrons. The molecule has 1 N–H and O–H groups in total. The Morgan fingerprint density at radius 1 is 1.03 bits per heavy atom. The van der Waals surface area contributed by atoms with Gasteiger partial charge in [-0.25, -0.2) is 4.39 Å². The van der Waals surface area contributed by atoms with Crippen molar-refractivity contribution in [2.24, 2.45) is 0 Å². The molecule has 0 fully saturated rings. The van der Waals surface area contributed by atoms with Crippen LogP contribution >= 0.6 is 0 Å². The number of nitrogens with one attached hydrogen (secondary N) is 1. The molecule has 1 heterocycles. The lowest BCUT2D eigenvalue weighted by atomic mass is 10.1. The van der Waals surface area contributed by atoms with Gasteiger partial charge < -0.3 is 10.2 Å². The molecule has 0 aliphatic rings. The van der Waals surface area contributed by atoms with Gasteiger partial charge in [-0.05, 0) is 49.7 Å². The predicted octanol–water partition coefficient (Wildman–Crippen LogP) is 4.52. The lowest BCUT2D eigenvalue weighted by Gasteiger charge is -2.26. The van der Waals surface area contributed by atoms with Crippen LogP contribution in [0.25, 0.3) is 0 Å². The van der Waals surface area contributed by atoms with Crippen molar-refractivity contribution in [1.29, 1.82) is 0 Å². The van der Waals surface area contributed by atoms with E-state index >= 15 is 0 Å².